The quantitative estimate of drug-likeness (QED) is 0.629. The van der Waals surface area contributed by atoms with Crippen molar-refractivity contribution in [1.82, 2.24) is 4.90 Å². The Morgan fingerprint density at radius 2 is 2.07 bits per heavy atom. The zero-order chi connectivity index (χ0) is 19.6. The van der Waals surface area contributed by atoms with Gasteiger partial charge in [0, 0.05) is 30.2 Å². The Labute approximate surface area is 170 Å². The Kier molecular flexibility index (Phi) is 6.09. The lowest BCUT2D eigenvalue weighted by Crippen LogP contribution is -2.23. The van der Waals surface area contributed by atoms with Gasteiger partial charge in [-0.1, -0.05) is 29.3 Å². The molecule has 1 fully saturated rings. The lowest BCUT2D eigenvalue weighted by Gasteiger charge is -2.12. The van der Waals surface area contributed by atoms with Gasteiger partial charge in [0.25, 0.3) is 5.91 Å². The van der Waals surface area contributed by atoms with Crippen LogP contribution in [0.3, 0.4) is 0 Å². The fourth-order valence-electron chi connectivity index (χ4n) is 2.47. The lowest BCUT2D eigenvalue weighted by atomic mass is 10.1. The third-order valence-electron chi connectivity index (χ3n) is 3.89. The molecule has 0 saturated carbocycles. The normalized spacial score (nSPS) is 17.2. The van der Waals surface area contributed by atoms with Gasteiger partial charge in [-0.15, -0.1) is 0 Å². The summed E-state index contributed by atoms with van der Waals surface area (Å²) in [7, 11) is 3.29. The zero-order valence-corrected chi connectivity index (χ0v) is 16.8. The van der Waals surface area contributed by atoms with Crippen molar-refractivity contribution in [2.45, 2.75) is 6.61 Å². The van der Waals surface area contributed by atoms with Crippen molar-refractivity contribution in [2.24, 2.45) is 4.99 Å². The van der Waals surface area contributed by atoms with E-state index >= 15 is 0 Å². The van der Waals surface area contributed by atoms with E-state index < -0.39 is 5.82 Å². The van der Waals surface area contributed by atoms with Gasteiger partial charge in [0.2, 0.25) is 0 Å². The number of benzene rings is 2. The van der Waals surface area contributed by atoms with E-state index in [-0.39, 0.29) is 23.1 Å². The van der Waals surface area contributed by atoms with Crippen LogP contribution in [0.5, 0.6) is 5.75 Å². The van der Waals surface area contributed by atoms with Crippen molar-refractivity contribution in [3.8, 4) is 5.75 Å². The van der Waals surface area contributed by atoms with Gasteiger partial charge < -0.3 is 4.74 Å². The van der Waals surface area contributed by atoms with E-state index in [0.29, 0.717) is 26.4 Å². The molecule has 0 atom stereocenters. The summed E-state index contributed by atoms with van der Waals surface area (Å²) in [4.78, 5) is 18.4. The standard InChI is InChI=1S/C19H15Cl2FN2O2S/c1-23-19-24(2)18(25)17(27-19)9-11-8-12(20)6-7-16(11)26-10-13-14(21)4-3-5-15(13)22/h3-9H,10H2,1-2H3/b17-9+,23-19?. The Balaban J connectivity index is 1.90. The molecule has 27 heavy (non-hydrogen) atoms. The van der Waals surface area contributed by atoms with Crippen LogP contribution >= 0.6 is 35.0 Å². The molecule has 1 aliphatic rings. The maximum absolute atomic E-state index is 14.0. The topological polar surface area (TPSA) is 41.9 Å². The number of likely N-dealkylation sites (N-methyl/N-ethyl adjacent to an activating group) is 1. The molecular formula is C19H15Cl2FN2O2S. The van der Waals surface area contributed by atoms with Crippen LogP contribution in [0.4, 0.5) is 4.39 Å². The van der Waals surface area contributed by atoms with E-state index in [2.05, 4.69) is 4.99 Å². The molecule has 0 radical (unpaired) electrons. The largest absolute Gasteiger partial charge is 0.488 e. The number of halogens is 3. The van der Waals surface area contributed by atoms with Gasteiger partial charge in [-0.05, 0) is 48.2 Å². The van der Waals surface area contributed by atoms with E-state index in [4.69, 9.17) is 27.9 Å². The van der Waals surface area contributed by atoms with Crippen LogP contribution in [0, 0.1) is 5.82 Å². The van der Waals surface area contributed by atoms with E-state index in [1.54, 1.807) is 44.4 Å². The highest BCUT2D eigenvalue weighted by Crippen LogP contribution is 2.34. The minimum atomic E-state index is -0.441. The van der Waals surface area contributed by atoms with Crippen molar-refractivity contribution in [3.05, 3.63) is 68.3 Å². The predicted molar refractivity (Wildman–Crippen MR) is 109 cm³/mol. The van der Waals surface area contributed by atoms with E-state index in [0.717, 1.165) is 0 Å². The summed E-state index contributed by atoms with van der Waals surface area (Å²) in [6, 6.07) is 9.48. The fourth-order valence-corrected chi connectivity index (χ4v) is 3.79. The summed E-state index contributed by atoms with van der Waals surface area (Å²) in [6.07, 6.45) is 1.69. The van der Waals surface area contributed by atoms with E-state index in [9.17, 15) is 9.18 Å². The summed E-state index contributed by atoms with van der Waals surface area (Å²) < 4.78 is 19.7. The highest BCUT2D eigenvalue weighted by atomic mass is 35.5. The first-order valence-corrected chi connectivity index (χ1v) is 9.47. The van der Waals surface area contributed by atoms with Crippen molar-refractivity contribution in [1.29, 1.82) is 0 Å². The maximum atomic E-state index is 14.0. The van der Waals surface area contributed by atoms with Crippen molar-refractivity contribution >= 4 is 52.1 Å². The lowest BCUT2D eigenvalue weighted by molar-refractivity contribution is -0.121. The number of amides is 1. The Bertz CT molecular complexity index is 942. The first kappa shape index (κ1) is 19.7. The highest BCUT2D eigenvalue weighted by Gasteiger charge is 2.30. The Hall–Kier alpha value is -2.02. The third kappa shape index (κ3) is 4.29. The number of hydrogen-bond acceptors (Lipinski definition) is 4. The molecule has 2 aromatic carbocycles. The molecule has 8 heteroatoms. The molecule has 1 aliphatic heterocycles. The first-order chi connectivity index (χ1) is 12.9. The molecule has 1 saturated heterocycles. The number of carbonyl (C=O) groups excluding carboxylic acids is 1. The van der Waals surface area contributed by atoms with Crippen LogP contribution < -0.4 is 4.74 Å². The molecule has 0 N–H and O–H groups in total. The van der Waals surface area contributed by atoms with Crippen molar-refractivity contribution in [3.63, 3.8) is 0 Å². The number of nitrogens with zero attached hydrogens (tertiary/aromatic N) is 2. The SMILES string of the molecule is CN=C1S/C(=C/c2cc(Cl)ccc2OCc2c(F)cccc2Cl)C(=O)N1C. The molecule has 4 nitrogen and oxygen atoms in total. The molecule has 140 valence electrons. The van der Waals surface area contributed by atoms with Gasteiger partial charge in [-0.3, -0.25) is 14.7 Å². The van der Waals surface area contributed by atoms with Crippen LogP contribution in [-0.2, 0) is 11.4 Å². The molecule has 2 aromatic rings. The molecule has 0 aliphatic carbocycles. The number of ether oxygens (including phenoxy) is 1. The average Bonchev–Trinajstić information content (AvgIpc) is 2.90. The summed E-state index contributed by atoms with van der Waals surface area (Å²) in [5, 5.41) is 1.39. The molecule has 0 unspecified atom stereocenters. The minimum Gasteiger partial charge on any atom is -0.488 e. The summed E-state index contributed by atoms with van der Waals surface area (Å²) in [5.74, 6) is -0.142. The fraction of sp³-hybridized carbons (Fsp3) is 0.158. The van der Waals surface area contributed by atoms with Gasteiger partial charge >= 0.3 is 0 Å². The highest BCUT2D eigenvalue weighted by molar-refractivity contribution is 8.18. The van der Waals surface area contributed by atoms with Gasteiger partial charge in [-0.2, -0.15) is 0 Å². The third-order valence-corrected chi connectivity index (χ3v) is 5.63. The molecular weight excluding hydrogens is 410 g/mol. The number of amidine groups is 1. The van der Waals surface area contributed by atoms with E-state index in [1.807, 2.05) is 0 Å². The number of thioether (sulfide) groups is 1. The van der Waals surface area contributed by atoms with Gasteiger partial charge in [-0.25, -0.2) is 4.39 Å². The first-order valence-electron chi connectivity index (χ1n) is 7.90. The minimum absolute atomic E-state index is 0.0496. The summed E-state index contributed by atoms with van der Waals surface area (Å²) in [5.41, 5.74) is 0.871. The summed E-state index contributed by atoms with van der Waals surface area (Å²) >= 11 is 13.4. The van der Waals surface area contributed by atoms with Crippen LogP contribution in [-0.4, -0.2) is 30.1 Å². The zero-order valence-electron chi connectivity index (χ0n) is 14.5. The van der Waals surface area contributed by atoms with Gasteiger partial charge in [0.1, 0.15) is 18.2 Å². The molecule has 3 rings (SSSR count). The smallest absolute Gasteiger partial charge is 0.266 e. The monoisotopic (exact) mass is 424 g/mol. The predicted octanol–water partition coefficient (Wildman–Crippen LogP) is 5.24. The van der Waals surface area contributed by atoms with Crippen LogP contribution in [0.15, 0.2) is 46.3 Å². The Morgan fingerprint density at radius 3 is 2.74 bits per heavy atom. The molecule has 1 heterocycles. The number of rotatable bonds is 4. The molecule has 1 amide bonds. The molecule has 0 bridgehead atoms. The maximum Gasteiger partial charge on any atom is 0.266 e. The van der Waals surface area contributed by atoms with Crippen molar-refractivity contribution < 1.29 is 13.9 Å². The second-order valence-corrected chi connectivity index (χ2v) is 7.50. The van der Waals surface area contributed by atoms with Crippen LogP contribution in [0.25, 0.3) is 6.08 Å². The number of hydrogen-bond donors (Lipinski definition) is 0. The average molecular weight is 425 g/mol. The van der Waals surface area contributed by atoms with Crippen LogP contribution in [0.2, 0.25) is 10.0 Å². The molecule has 0 spiro atoms. The second-order valence-electron chi connectivity index (χ2n) is 5.65. The van der Waals surface area contributed by atoms with Crippen molar-refractivity contribution in [2.75, 3.05) is 14.1 Å². The van der Waals surface area contributed by atoms with Gasteiger partial charge in [0.15, 0.2) is 5.17 Å². The van der Waals surface area contributed by atoms with Crippen LogP contribution in [0.1, 0.15) is 11.1 Å². The Morgan fingerprint density at radius 1 is 1.30 bits per heavy atom. The number of aliphatic imine (C=N–C) groups is 1. The second kappa shape index (κ2) is 8.33. The summed E-state index contributed by atoms with van der Waals surface area (Å²) in [6.45, 7) is -0.0496. The van der Waals surface area contributed by atoms with Gasteiger partial charge in [0.05, 0.1) is 9.93 Å². The number of carbonyl (C=O) groups is 1. The molecule has 0 aromatic heterocycles. The van der Waals surface area contributed by atoms with E-state index in [1.165, 1.54) is 28.8 Å².